The van der Waals surface area contributed by atoms with Gasteiger partial charge in [-0.3, -0.25) is 4.79 Å². The van der Waals surface area contributed by atoms with Crippen LogP contribution in [0.1, 0.15) is 74.6 Å². The number of benzene rings is 1. The van der Waals surface area contributed by atoms with E-state index in [1.54, 1.807) is 7.11 Å². The summed E-state index contributed by atoms with van der Waals surface area (Å²) >= 11 is 0. The number of fused-ring (bicyclic) bond motifs is 1. The van der Waals surface area contributed by atoms with Gasteiger partial charge in [-0.05, 0) is 99.5 Å². The van der Waals surface area contributed by atoms with Crippen molar-refractivity contribution in [2.75, 3.05) is 32.2 Å². The summed E-state index contributed by atoms with van der Waals surface area (Å²) in [6.07, 6.45) is 6.39. The van der Waals surface area contributed by atoms with Crippen molar-refractivity contribution in [2.45, 2.75) is 76.3 Å². The van der Waals surface area contributed by atoms with Gasteiger partial charge in [0.1, 0.15) is 23.8 Å². The molecule has 0 bridgehead atoms. The summed E-state index contributed by atoms with van der Waals surface area (Å²) in [5.74, 6) is -1.63. The van der Waals surface area contributed by atoms with E-state index in [1.165, 1.54) is 12.5 Å². The van der Waals surface area contributed by atoms with Gasteiger partial charge in [0.2, 0.25) is 0 Å². The predicted octanol–water partition coefficient (Wildman–Crippen LogP) is 5.66. The summed E-state index contributed by atoms with van der Waals surface area (Å²) in [5.41, 5.74) is 1.72. The molecule has 10 nitrogen and oxygen atoms in total. The summed E-state index contributed by atoms with van der Waals surface area (Å²) in [5, 5.41) is 29.0. The van der Waals surface area contributed by atoms with Gasteiger partial charge in [-0.1, -0.05) is 18.2 Å². The zero-order valence-corrected chi connectivity index (χ0v) is 25.4. The average molecular weight is 615 g/mol. The molecule has 4 N–H and O–H groups in total. The van der Waals surface area contributed by atoms with Crippen molar-refractivity contribution >= 4 is 23.7 Å². The second-order valence-electron chi connectivity index (χ2n) is 11.5. The zero-order chi connectivity index (χ0) is 32.1. The molecule has 1 unspecified atom stereocenters. The van der Waals surface area contributed by atoms with Crippen LogP contribution in [0.25, 0.3) is 0 Å². The van der Waals surface area contributed by atoms with Crippen molar-refractivity contribution in [2.24, 2.45) is 5.92 Å². The van der Waals surface area contributed by atoms with Crippen LogP contribution in [0.4, 0.5) is 10.2 Å². The van der Waals surface area contributed by atoms with Crippen LogP contribution in [0.2, 0.25) is 0 Å². The van der Waals surface area contributed by atoms with E-state index in [1.807, 2.05) is 30.3 Å². The Bertz CT molecular complexity index is 1320. The SMILES string of the molecule is C/C(=C/C(=O)O)C(=O)O.COCCOc1cccc([C@H](CC(=O)O)CC2CC[C@@](F)(CCc3ccc4c(n3)NCCC4)C2)c1. The Hall–Kier alpha value is -3.99. The Labute approximate surface area is 257 Å². The normalized spacial score (nSPS) is 20.0. The molecule has 0 spiro atoms. The van der Waals surface area contributed by atoms with Crippen molar-refractivity contribution in [3.05, 3.63) is 64.9 Å². The molecule has 1 aliphatic carbocycles. The van der Waals surface area contributed by atoms with E-state index < -0.39 is 23.6 Å². The largest absolute Gasteiger partial charge is 0.491 e. The zero-order valence-electron chi connectivity index (χ0n) is 25.4. The van der Waals surface area contributed by atoms with Gasteiger partial charge in [-0.15, -0.1) is 0 Å². The molecular formula is C33H43FN2O8. The number of carboxylic acid groups (broad SMARTS) is 3. The monoisotopic (exact) mass is 614 g/mol. The Kier molecular flexibility index (Phi) is 13.1. The fourth-order valence-electron chi connectivity index (χ4n) is 5.77. The van der Waals surface area contributed by atoms with Crippen LogP contribution in [-0.4, -0.2) is 70.7 Å². The molecule has 2 aliphatic rings. The van der Waals surface area contributed by atoms with Crippen molar-refractivity contribution < 1.29 is 43.6 Å². The molecule has 2 heterocycles. The molecule has 0 radical (unpaired) electrons. The van der Waals surface area contributed by atoms with E-state index in [2.05, 4.69) is 11.4 Å². The molecule has 3 atom stereocenters. The second-order valence-corrected chi connectivity index (χ2v) is 11.5. The van der Waals surface area contributed by atoms with E-state index in [0.29, 0.717) is 57.1 Å². The highest BCUT2D eigenvalue weighted by molar-refractivity contribution is 5.94. The summed E-state index contributed by atoms with van der Waals surface area (Å²) < 4.78 is 26.5. The van der Waals surface area contributed by atoms with Crippen molar-refractivity contribution in [1.29, 1.82) is 0 Å². The molecule has 44 heavy (non-hydrogen) atoms. The number of rotatable bonds is 14. The van der Waals surface area contributed by atoms with Crippen LogP contribution in [0.3, 0.4) is 0 Å². The number of nitrogens with zero attached hydrogens (tertiary/aromatic N) is 1. The summed E-state index contributed by atoms with van der Waals surface area (Å²) in [4.78, 5) is 36.0. The number of alkyl halides is 1. The lowest BCUT2D eigenvalue weighted by molar-refractivity contribution is -0.137. The molecule has 0 saturated heterocycles. The van der Waals surface area contributed by atoms with Gasteiger partial charge in [0.05, 0.1) is 13.0 Å². The van der Waals surface area contributed by atoms with Gasteiger partial charge in [0, 0.05) is 31.0 Å². The number of nitrogens with one attached hydrogen (secondary N) is 1. The fourth-order valence-corrected chi connectivity index (χ4v) is 5.77. The van der Waals surface area contributed by atoms with Crippen LogP contribution in [0.15, 0.2) is 48.0 Å². The highest BCUT2D eigenvalue weighted by Crippen LogP contribution is 2.45. The first-order chi connectivity index (χ1) is 21.0. The number of hydrogen-bond acceptors (Lipinski definition) is 7. The first-order valence-corrected chi connectivity index (χ1v) is 15.0. The highest BCUT2D eigenvalue weighted by Gasteiger charge is 2.40. The maximum absolute atomic E-state index is 15.7. The number of aromatic nitrogens is 1. The maximum Gasteiger partial charge on any atom is 0.331 e. The van der Waals surface area contributed by atoms with Gasteiger partial charge in [0.25, 0.3) is 0 Å². The van der Waals surface area contributed by atoms with Crippen LogP contribution >= 0.6 is 0 Å². The predicted molar refractivity (Wildman–Crippen MR) is 163 cm³/mol. The minimum Gasteiger partial charge on any atom is -0.491 e. The molecule has 11 heteroatoms. The minimum absolute atomic E-state index is 0.0311. The third-order valence-corrected chi connectivity index (χ3v) is 8.04. The van der Waals surface area contributed by atoms with Gasteiger partial charge >= 0.3 is 17.9 Å². The molecule has 2 aromatic rings. The smallest absolute Gasteiger partial charge is 0.331 e. The molecular weight excluding hydrogens is 571 g/mol. The van der Waals surface area contributed by atoms with Gasteiger partial charge in [-0.25, -0.2) is 19.0 Å². The van der Waals surface area contributed by atoms with Gasteiger partial charge in [-0.2, -0.15) is 0 Å². The van der Waals surface area contributed by atoms with E-state index in [-0.39, 0.29) is 23.8 Å². The molecule has 1 saturated carbocycles. The minimum atomic E-state index is -1.24. The first-order valence-electron chi connectivity index (χ1n) is 15.0. The van der Waals surface area contributed by atoms with Crippen LogP contribution in [-0.2, 0) is 32.0 Å². The van der Waals surface area contributed by atoms with Gasteiger partial charge in [0.15, 0.2) is 0 Å². The number of methoxy groups -OCH3 is 1. The van der Waals surface area contributed by atoms with E-state index in [4.69, 9.17) is 24.7 Å². The van der Waals surface area contributed by atoms with E-state index in [9.17, 15) is 19.5 Å². The third kappa shape index (κ3) is 11.3. The molecule has 1 fully saturated rings. The molecule has 1 aromatic carbocycles. The highest BCUT2D eigenvalue weighted by atomic mass is 19.1. The number of anilines is 1. The molecule has 0 amide bonds. The Morgan fingerprint density at radius 3 is 2.66 bits per heavy atom. The van der Waals surface area contributed by atoms with Crippen LogP contribution in [0, 0.1) is 5.92 Å². The number of carboxylic acids is 3. The summed E-state index contributed by atoms with van der Waals surface area (Å²) in [6.45, 7) is 3.08. The molecule has 240 valence electrons. The molecule has 4 rings (SSSR count). The van der Waals surface area contributed by atoms with Crippen molar-refractivity contribution in [1.82, 2.24) is 4.98 Å². The van der Waals surface area contributed by atoms with Gasteiger partial charge < -0.3 is 30.1 Å². The molecule has 1 aliphatic heterocycles. The number of pyridine rings is 1. The lowest BCUT2D eigenvalue weighted by Crippen LogP contribution is -2.21. The number of hydrogen-bond donors (Lipinski definition) is 4. The third-order valence-electron chi connectivity index (χ3n) is 8.04. The quantitative estimate of drug-likeness (QED) is 0.155. The van der Waals surface area contributed by atoms with E-state index >= 15 is 4.39 Å². The Balaban J connectivity index is 0.000000512. The Morgan fingerprint density at radius 1 is 1.18 bits per heavy atom. The average Bonchev–Trinajstić information content (AvgIpc) is 3.36. The topological polar surface area (TPSA) is 155 Å². The summed E-state index contributed by atoms with van der Waals surface area (Å²) in [6, 6.07) is 11.8. The maximum atomic E-state index is 15.7. The number of halogens is 1. The Morgan fingerprint density at radius 2 is 1.98 bits per heavy atom. The first kappa shape index (κ1) is 34.5. The summed E-state index contributed by atoms with van der Waals surface area (Å²) in [7, 11) is 1.62. The van der Waals surface area contributed by atoms with Crippen LogP contribution in [0.5, 0.6) is 5.75 Å². The van der Waals surface area contributed by atoms with Crippen molar-refractivity contribution in [3.8, 4) is 5.75 Å². The standard InChI is InChI=1S/C28H37FN2O4.C5H6O4/c1-34-14-15-35-25-6-2-4-22(17-25)23(18-26(32)33)16-20-9-11-28(29,19-20)12-10-24-8-7-21-5-3-13-30-27(21)31-24;1-3(5(8)9)2-4(6)7/h2,4,6-8,17,20,23H,3,5,9-16,18-19H2,1H3,(H,30,31)(H,32,33);2H,1H3,(H,6,7)(H,8,9)/b;3-2-/t20?,23-,28+;/m0./s1. The number of ether oxygens (including phenoxy) is 2. The van der Waals surface area contributed by atoms with E-state index in [0.717, 1.165) is 42.9 Å². The second kappa shape index (κ2) is 16.7. The number of carbonyl (C=O) groups is 3. The van der Waals surface area contributed by atoms with Crippen molar-refractivity contribution in [3.63, 3.8) is 0 Å². The number of aliphatic carboxylic acids is 3. The van der Waals surface area contributed by atoms with Crippen LogP contribution < -0.4 is 10.1 Å². The lowest BCUT2D eigenvalue weighted by atomic mass is 9.84. The number of aryl methyl sites for hydroxylation is 2. The molecule has 1 aromatic heterocycles. The lowest BCUT2D eigenvalue weighted by Gasteiger charge is -2.23. The fraction of sp³-hybridized carbons (Fsp3) is 0.515.